The van der Waals surface area contributed by atoms with Gasteiger partial charge in [-0.15, -0.1) is 0 Å². The molecule has 0 aromatic carbocycles. The molecule has 9 nitrogen and oxygen atoms in total. The lowest BCUT2D eigenvalue weighted by molar-refractivity contribution is -0.870. The molecule has 10 heteroatoms. The van der Waals surface area contributed by atoms with E-state index in [9.17, 15) is 19.0 Å². The summed E-state index contributed by atoms with van der Waals surface area (Å²) in [7, 11) is 1.18. The van der Waals surface area contributed by atoms with Crippen LogP contribution in [0.1, 0.15) is 361 Å². The number of nitrogens with zero attached hydrogens (tertiary/aromatic N) is 1. The topological polar surface area (TPSA) is 111 Å². The smallest absolute Gasteiger partial charge is 0.306 e. The van der Waals surface area contributed by atoms with Crippen molar-refractivity contribution < 1.29 is 42.1 Å². The van der Waals surface area contributed by atoms with Gasteiger partial charge in [-0.25, -0.2) is 0 Å². The molecule has 84 heavy (non-hydrogen) atoms. The summed E-state index contributed by atoms with van der Waals surface area (Å²) in [6.07, 6.45) is 84.9. The van der Waals surface area contributed by atoms with Crippen molar-refractivity contribution in [2.24, 2.45) is 0 Å². The number of esters is 2. The Labute approximate surface area is 522 Å². The summed E-state index contributed by atoms with van der Waals surface area (Å²) in [5, 5.41) is 0. The molecule has 0 saturated carbocycles. The molecule has 2 atom stereocenters. The average molecular weight is 1200 g/mol. The van der Waals surface area contributed by atoms with Crippen LogP contribution in [0.15, 0.2) is 48.6 Å². The molecule has 0 N–H and O–H groups in total. The molecule has 0 aromatic rings. The summed E-state index contributed by atoms with van der Waals surface area (Å²) >= 11 is 0. The quantitative estimate of drug-likeness (QED) is 0.0195. The minimum Gasteiger partial charge on any atom is -0.756 e. The number of unbranched alkanes of at least 4 members (excludes halogenated alkanes) is 46. The van der Waals surface area contributed by atoms with Crippen LogP contribution in [0, 0.1) is 0 Å². The Morgan fingerprint density at radius 2 is 0.643 bits per heavy atom. The number of allylic oxidation sites excluding steroid dienone is 8. The number of ether oxygens (including phenoxy) is 2. The van der Waals surface area contributed by atoms with E-state index in [-0.39, 0.29) is 32.0 Å². The maximum Gasteiger partial charge on any atom is 0.306 e. The number of phosphoric acid groups is 1. The highest BCUT2D eigenvalue weighted by Crippen LogP contribution is 2.38. The Kier molecular flexibility index (Phi) is 63.8. The number of carbonyl (C=O) groups excluding carboxylic acids is 2. The van der Waals surface area contributed by atoms with Gasteiger partial charge < -0.3 is 27.9 Å². The molecule has 0 aliphatic heterocycles. The van der Waals surface area contributed by atoms with E-state index in [0.717, 1.165) is 44.9 Å². The molecule has 0 rings (SSSR count). The molecule has 0 bridgehead atoms. The lowest BCUT2D eigenvalue weighted by atomic mass is 10.0. The first-order valence-electron chi connectivity index (χ1n) is 36.3. The summed E-state index contributed by atoms with van der Waals surface area (Å²) in [5.41, 5.74) is 0. The van der Waals surface area contributed by atoms with Crippen LogP contribution in [0.25, 0.3) is 0 Å². The van der Waals surface area contributed by atoms with Gasteiger partial charge in [0.1, 0.15) is 19.8 Å². The highest BCUT2D eigenvalue weighted by molar-refractivity contribution is 7.45. The molecule has 0 spiro atoms. The molecule has 494 valence electrons. The van der Waals surface area contributed by atoms with Crippen LogP contribution in [0.4, 0.5) is 0 Å². The Morgan fingerprint density at radius 1 is 0.369 bits per heavy atom. The van der Waals surface area contributed by atoms with E-state index in [1.54, 1.807) is 0 Å². The van der Waals surface area contributed by atoms with E-state index in [2.05, 4.69) is 62.5 Å². The summed E-state index contributed by atoms with van der Waals surface area (Å²) in [6, 6.07) is 0. The third-order valence-electron chi connectivity index (χ3n) is 16.3. The fraction of sp³-hybridized carbons (Fsp3) is 0.865. The fourth-order valence-corrected chi connectivity index (χ4v) is 11.5. The number of rotatable bonds is 68. The van der Waals surface area contributed by atoms with Gasteiger partial charge in [-0.3, -0.25) is 14.2 Å². The second-order valence-electron chi connectivity index (χ2n) is 26.0. The maximum atomic E-state index is 12.9. The Balaban J connectivity index is 3.94. The van der Waals surface area contributed by atoms with Crippen molar-refractivity contribution >= 4 is 19.8 Å². The van der Waals surface area contributed by atoms with Crippen molar-refractivity contribution in [3.05, 3.63) is 48.6 Å². The number of hydrogen-bond donors (Lipinski definition) is 0. The highest BCUT2D eigenvalue weighted by atomic mass is 31.2. The van der Waals surface area contributed by atoms with Crippen LogP contribution < -0.4 is 4.89 Å². The van der Waals surface area contributed by atoms with Gasteiger partial charge >= 0.3 is 11.9 Å². The Bertz CT molecular complexity index is 1560. The molecule has 0 heterocycles. The van der Waals surface area contributed by atoms with Crippen LogP contribution in [0.2, 0.25) is 0 Å². The second-order valence-corrected chi connectivity index (χ2v) is 27.4. The van der Waals surface area contributed by atoms with Gasteiger partial charge in [0, 0.05) is 12.8 Å². The van der Waals surface area contributed by atoms with E-state index in [4.69, 9.17) is 18.5 Å². The van der Waals surface area contributed by atoms with Crippen LogP contribution in [0.3, 0.4) is 0 Å². The van der Waals surface area contributed by atoms with Gasteiger partial charge in [0.05, 0.1) is 27.7 Å². The van der Waals surface area contributed by atoms with E-state index in [1.807, 2.05) is 21.1 Å². The largest absolute Gasteiger partial charge is 0.756 e. The lowest BCUT2D eigenvalue weighted by Gasteiger charge is -2.28. The van der Waals surface area contributed by atoms with E-state index >= 15 is 0 Å². The number of phosphoric ester groups is 1. The number of hydrogen-bond acceptors (Lipinski definition) is 8. The molecular weight excluding hydrogens is 1060 g/mol. The molecule has 0 aliphatic rings. The summed E-state index contributed by atoms with van der Waals surface area (Å²) in [4.78, 5) is 38.1. The van der Waals surface area contributed by atoms with Gasteiger partial charge in [0.25, 0.3) is 7.82 Å². The molecule has 0 aromatic heterocycles. The Hall–Kier alpha value is -2.03. The first-order chi connectivity index (χ1) is 41.0. The van der Waals surface area contributed by atoms with E-state index in [1.165, 1.54) is 283 Å². The first kappa shape index (κ1) is 82.0. The standard InChI is InChI=1S/C74H140NO8P/c1-6-8-10-12-14-16-18-20-22-24-26-28-30-31-32-33-34-35-36-37-38-39-40-41-42-43-45-47-49-51-53-55-57-59-61-63-65-67-74(77)83-72(71-82-84(78,79)81-69-68-75(3,4)5)70-80-73(76)66-64-62-60-58-56-54-52-50-48-46-44-29-27-25-23-21-19-17-15-13-11-9-7-2/h18-21,24-27,72H,6-17,22-23,28-71H2,1-5H3/b20-18-,21-19-,26-24-,27-25-. The fourth-order valence-electron chi connectivity index (χ4n) is 10.7. The second kappa shape index (κ2) is 65.4. The van der Waals surface area contributed by atoms with Gasteiger partial charge in [-0.2, -0.15) is 0 Å². The van der Waals surface area contributed by atoms with Crippen molar-refractivity contribution in [2.75, 3.05) is 47.5 Å². The number of carbonyl (C=O) groups is 2. The van der Waals surface area contributed by atoms with Crippen molar-refractivity contribution in [3.63, 3.8) is 0 Å². The average Bonchev–Trinajstić information content (AvgIpc) is 3.61. The van der Waals surface area contributed by atoms with Crippen LogP contribution in [-0.2, 0) is 32.7 Å². The zero-order valence-corrected chi connectivity index (χ0v) is 57.3. The molecule has 0 saturated heterocycles. The number of quaternary nitrogens is 1. The first-order valence-corrected chi connectivity index (χ1v) is 37.8. The summed E-state index contributed by atoms with van der Waals surface area (Å²) in [6.45, 7) is 4.28. The molecule has 0 aliphatic carbocycles. The number of likely N-dealkylation sites (N-methyl/N-ethyl adjacent to an activating group) is 1. The Morgan fingerprint density at radius 3 is 0.940 bits per heavy atom. The van der Waals surface area contributed by atoms with E-state index in [0.29, 0.717) is 17.4 Å². The zero-order chi connectivity index (χ0) is 61.2. The molecule has 0 radical (unpaired) electrons. The van der Waals surface area contributed by atoms with Gasteiger partial charge in [-0.1, -0.05) is 319 Å². The van der Waals surface area contributed by atoms with E-state index < -0.39 is 26.5 Å². The van der Waals surface area contributed by atoms with Gasteiger partial charge in [0.15, 0.2) is 6.10 Å². The van der Waals surface area contributed by atoms with Crippen molar-refractivity contribution in [1.29, 1.82) is 0 Å². The maximum absolute atomic E-state index is 12.9. The van der Waals surface area contributed by atoms with Gasteiger partial charge in [-0.05, 0) is 77.0 Å². The minimum atomic E-state index is -4.64. The summed E-state index contributed by atoms with van der Waals surface area (Å²) < 4.78 is 34.3. The lowest BCUT2D eigenvalue weighted by Crippen LogP contribution is -2.37. The third kappa shape index (κ3) is 69.1. The summed E-state index contributed by atoms with van der Waals surface area (Å²) in [5.74, 6) is -0.817. The molecule has 2 unspecified atom stereocenters. The predicted octanol–water partition coefficient (Wildman–Crippen LogP) is 23.0. The van der Waals surface area contributed by atoms with Crippen LogP contribution >= 0.6 is 7.82 Å². The molecule has 0 amide bonds. The normalized spacial score (nSPS) is 13.4. The molecule has 0 fully saturated rings. The predicted molar refractivity (Wildman–Crippen MR) is 360 cm³/mol. The molecular formula is C74H140NO8P. The highest BCUT2D eigenvalue weighted by Gasteiger charge is 2.22. The van der Waals surface area contributed by atoms with Crippen LogP contribution in [0.5, 0.6) is 0 Å². The van der Waals surface area contributed by atoms with Crippen molar-refractivity contribution in [3.8, 4) is 0 Å². The third-order valence-corrected chi connectivity index (χ3v) is 17.3. The van der Waals surface area contributed by atoms with Gasteiger partial charge in [0.2, 0.25) is 0 Å². The minimum absolute atomic E-state index is 0.0294. The SMILES string of the molecule is CCCCCCC/C=C\C/C=C\CCCCCCCCCCCCCCCCCCCCCCCCCCCC(=O)OC(COC(=O)CCCCCCCCCCCCC/C=C\C/C=C\CCCCCCC)COP(=O)([O-])OCC[N+](C)(C)C. The van der Waals surface area contributed by atoms with Crippen molar-refractivity contribution in [1.82, 2.24) is 0 Å². The zero-order valence-electron chi connectivity index (χ0n) is 56.4. The van der Waals surface area contributed by atoms with Crippen molar-refractivity contribution in [2.45, 2.75) is 367 Å². The monoisotopic (exact) mass is 1200 g/mol. The van der Waals surface area contributed by atoms with Crippen LogP contribution in [-0.4, -0.2) is 70.0 Å².